The largest absolute Gasteiger partial charge is 0.450 e. The van der Waals surface area contributed by atoms with Crippen LogP contribution in [0, 0.1) is 27.9 Å². The van der Waals surface area contributed by atoms with E-state index in [1.807, 2.05) is 12.1 Å². The number of ether oxygens (including phenoxy) is 1. The number of anilines is 1. The number of nitrogens with zero attached hydrogens (tertiary/aromatic N) is 2. The molecule has 1 aliphatic heterocycles. The van der Waals surface area contributed by atoms with Gasteiger partial charge in [-0.25, -0.2) is 9.69 Å². The number of carbonyl (C=O) groups excluding carboxylic acids is 3. The van der Waals surface area contributed by atoms with Gasteiger partial charge in [-0.1, -0.05) is 24.3 Å². The van der Waals surface area contributed by atoms with Gasteiger partial charge in [0.25, 0.3) is 11.8 Å². The van der Waals surface area contributed by atoms with Crippen molar-refractivity contribution in [2.45, 2.75) is 50.1 Å². The summed E-state index contributed by atoms with van der Waals surface area (Å²) < 4.78 is 44.5. The summed E-state index contributed by atoms with van der Waals surface area (Å²) in [4.78, 5) is 50.3. The van der Waals surface area contributed by atoms with Crippen LogP contribution in [0.4, 0.5) is 29.3 Å². The molecule has 0 spiro atoms. The highest BCUT2D eigenvalue weighted by Crippen LogP contribution is 2.60. The molecule has 236 valence electrons. The summed E-state index contributed by atoms with van der Waals surface area (Å²) in [7, 11) is 0. The lowest BCUT2D eigenvalue weighted by Crippen LogP contribution is -2.54. The number of urea groups is 1. The number of nitrogens with one attached hydrogen (secondary N) is 1. The van der Waals surface area contributed by atoms with Gasteiger partial charge in [-0.3, -0.25) is 25.0 Å². The molecule has 8 rings (SSSR count). The first-order valence-electron chi connectivity index (χ1n) is 15.0. The number of carbonyl (C=O) groups is 3. The van der Waals surface area contributed by atoms with Crippen molar-refractivity contribution in [3.63, 3.8) is 0 Å². The highest BCUT2D eigenvalue weighted by molar-refractivity contribution is 6.39. The predicted molar refractivity (Wildman–Crippen MR) is 160 cm³/mol. The normalized spacial score (nSPS) is 26.4. The van der Waals surface area contributed by atoms with E-state index in [2.05, 4.69) is 5.32 Å². The Morgan fingerprint density at radius 3 is 2.07 bits per heavy atom. The van der Waals surface area contributed by atoms with Gasteiger partial charge in [-0.15, -0.1) is 0 Å². The van der Waals surface area contributed by atoms with Crippen LogP contribution >= 0.6 is 0 Å². The van der Waals surface area contributed by atoms with Gasteiger partial charge in [0.1, 0.15) is 11.3 Å². The second-order valence-corrected chi connectivity index (χ2v) is 12.8. The fraction of sp³-hybridized carbons (Fsp3) is 0.324. The van der Waals surface area contributed by atoms with Crippen LogP contribution in [0.2, 0.25) is 0 Å². The van der Waals surface area contributed by atoms with Crippen molar-refractivity contribution < 1.29 is 37.2 Å². The van der Waals surface area contributed by atoms with Crippen LogP contribution in [0.1, 0.15) is 55.2 Å². The molecule has 1 N–H and O–H groups in total. The van der Waals surface area contributed by atoms with Gasteiger partial charge in [0.15, 0.2) is 0 Å². The minimum Gasteiger partial charge on any atom is -0.450 e. The van der Waals surface area contributed by atoms with Crippen LogP contribution in [-0.4, -0.2) is 22.8 Å². The lowest BCUT2D eigenvalue weighted by molar-refractivity contribution is -0.385. The number of benzene rings is 3. The maximum Gasteiger partial charge on any atom is 0.416 e. The zero-order chi connectivity index (χ0) is 32.4. The zero-order valence-corrected chi connectivity index (χ0v) is 24.4. The molecule has 3 aromatic rings. The number of imide groups is 2. The monoisotopic (exact) mass is 631 g/mol. The maximum absolute atomic E-state index is 13.5. The molecular weight excluding hydrogens is 603 g/mol. The third kappa shape index (κ3) is 5.31. The maximum atomic E-state index is 13.5. The first-order chi connectivity index (χ1) is 21.9. The molecule has 1 saturated heterocycles. The Bertz CT molecular complexity index is 1760. The molecule has 0 aromatic heterocycles. The Morgan fingerprint density at radius 2 is 1.50 bits per heavy atom. The Balaban J connectivity index is 1.09. The van der Waals surface area contributed by atoms with Gasteiger partial charge in [0.2, 0.25) is 5.75 Å². The molecule has 0 atom stereocenters. The van der Waals surface area contributed by atoms with E-state index in [4.69, 9.17) is 4.74 Å². The van der Waals surface area contributed by atoms with Crippen LogP contribution in [0.5, 0.6) is 11.5 Å². The first-order valence-corrected chi connectivity index (χ1v) is 15.0. The van der Waals surface area contributed by atoms with Crippen LogP contribution in [0.25, 0.3) is 6.08 Å². The van der Waals surface area contributed by atoms with E-state index in [1.165, 1.54) is 74.4 Å². The molecule has 4 saturated carbocycles. The van der Waals surface area contributed by atoms with Crippen molar-refractivity contribution in [2.75, 3.05) is 4.90 Å². The molecule has 5 aliphatic rings. The van der Waals surface area contributed by atoms with Gasteiger partial charge in [-0.2, -0.15) is 13.2 Å². The van der Waals surface area contributed by atoms with E-state index in [0.29, 0.717) is 23.4 Å². The minimum atomic E-state index is -4.76. The minimum absolute atomic E-state index is 0.0698. The van der Waals surface area contributed by atoms with E-state index in [1.54, 1.807) is 12.1 Å². The standard InChI is InChI=1S/C34H28F3N3O6/c35-34(36,37)24-5-10-29(28(15-24)40(44)45)46-26-8-1-19(2-9-26)14-27-30(41)38-32(43)39(31(27)42)25-6-3-23(4-7-25)33-16-20-11-21(17-33)13-22(12-20)18-33/h1-10,14-15,20-22H,11-13,16-18H2,(H,38,41,43)/b27-14+. The van der Waals surface area contributed by atoms with Crippen molar-refractivity contribution >= 4 is 35.3 Å². The van der Waals surface area contributed by atoms with Crippen molar-refractivity contribution in [3.05, 3.63) is 99.1 Å². The van der Waals surface area contributed by atoms with Crippen molar-refractivity contribution in [1.82, 2.24) is 5.32 Å². The van der Waals surface area contributed by atoms with Gasteiger partial charge >= 0.3 is 17.9 Å². The number of nitro groups is 1. The van der Waals surface area contributed by atoms with E-state index in [9.17, 15) is 37.7 Å². The Kier molecular flexibility index (Phi) is 6.98. The molecule has 4 amide bonds. The van der Waals surface area contributed by atoms with Gasteiger partial charge in [0.05, 0.1) is 16.2 Å². The third-order valence-electron chi connectivity index (χ3n) is 9.78. The molecule has 0 radical (unpaired) electrons. The predicted octanol–water partition coefficient (Wildman–Crippen LogP) is 7.54. The number of halogens is 3. The molecule has 12 heteroatoms. The van der Waals surface area contributed by atoms with Crippen LogP contribution in [0.15, 0.2) is 72.3 Å². The summed E-state index contributed by atoms with van der Waals surface area (Å²) in [6, 6.07) is 14.3. The number of alkyl halides is 3. The number of amides is 4. The quantitative estimate of drug-likeness (QED) is 0.130. The summed E-state index contributed by atoms with van der Waals surface area (Å²) in [6.07, 6.45) is 4.01. The highest BCUT2D eigenvalue weighted by Gasteiger charge is 2.51. The number of barbiturate groups is 1. The lowest BCUT2D eigenvalue weighted by Gasteiger charge is -2.57. The molecule has 3 aromatic carbocycles. The van der Waals surface area contributed by atoms with Gasteiger partial charge in [0, 0.05) is 6.07 Å². The van der Waals surface area contributed by atoms with E-state index in [0.717, 1.165) is 28.7 Å². The smallest absolute Gasteiger partial charge is 0.416 e. The van der Waals surface area contributed by atoms with E-state index >= 15 is 0 Å². The number of rotatable bonds is 6. The molecule has 4 bridgehead atoms. The van der Waals surface area contributed by atoms with Crippen LogP contribution < -0.4 is 15.0 Å². The third-order valence-corrected chi connectivity index (χ3v) is 9.78. The number of nitro benzene ring substituents is 1. The number of hydrogen-bond acceptors (Lipinski definition) is 6. The van der Waals surface area contributed by atoms with Gasteiger partial charge < -0.3 is 4.74 Å². The fourth-order valence-electron chi connectivity index (χ4n) is 8.17. The van der Waals surface area contributed by atoms with Crippen molar-refractivity contribution in [1.29, 1.82) is 0 Å². The summed E-state index contributed by atoms with van der Waals surface area (Å²) in [5.74, 6) is 0.318. The number of hydrogen-bond donors (Lipinski definition) is 1. The van der Waals surface area contributed by atoms with Gasteiger partial charge in [-0.05, 0) is 115 Å². The second kappa shape index (κ2) is 10.8. The Labute approximate surface area is 261 Å². The van der Waals surface area contributed by atoms with Crippen molar-refractivity contribution in [3.8, 4) is 11.5 Å². The Hall–Kier alpha value is -5.00. The zero-order valence-electron chi connectivity index (χ0n) is 24.4. The van der Waals surface area contributed by atoms with Crippen LogP contribution in [-0.2, 0) is 21.2 Å². The summed E-state index contributed by atoms with van der Waals surface area (Å²) >= 11 is 0. The second-order valence-electron chi connectivity index (χ2n) is 12.8. The molecule has 4 aliphatic carbocycles. The summed E-state index contributed by atoms with van der Waals surface area (Å²) in [5.41, 5.74) is -0.227. The SMILES string of the molecule is O=C1NC(=O)N(c2ccc(C34CC5CC(CC(C5)C3)C4)cc2)C(=O)/C1=C/c1ccc(Oc2ccc(C(F)(F)F)cc2[N+](=O)[O-])cc1. The van der Waals surface area contributed by atoms with Crippen LogP contribution in [0.3, 0.4) is 0 Å². The molecule has 0 unspecified atom stereocenters. The average molecular weight is 632 g/mol. The average Bonchev–Trinajstić information content (AvgIpc) is 2.99. The topological polar surface area (TPSA) is 119 Å². The van der Waals surface area contributed by atoms with Crippen molar-refractivity contribution in [2.24, 2.45) is 17.8 Å². The Morgan fingerprint density at radius 1 is 0.891 bits per heavy atom. The molecule has 9 nitrogen and oxygen atoms in total. The molecule has 46 heavy (non-hydrogen) atoms. The first kappa shape index (κ1) is 29.7. The molecular formula is C34H28F3N3O6. The molecule has 1 heterocycles. The highest BCUT2D eigenvalue weighted by atomic mass is 19.4. The summed E-state index contributed by atoms with van der Waals surface area (Å²) in [6.45, 7) is 0. The lowest BCUT2D eigenvalue weighted by atomic mass is 9.48. The van der Waals surface area contributed by atoms with E-state index < -0.39 is 45.9 Å². The molecule has 5 fully saturated rings. The summed E-state index contributed by atoms with van der Waals surface area (Å²) in [5, 5.41) is 13.6. The van der Waals surface area contributed by atoms with E-state index in [-0.39, 0.29) is 16.7 Å². The fourth-order valence-corrected chi connectivity index (χ4v) is 8.17.